The maximum Gasteiger partial charge on any atom is 0.407 e. The van der Waals surface area contributed by atoms with Crippen LogP contribution in [0.25, 0.3) is 0 Å². The van der Waals surface area contributed by atoms with Crippen molar-refractivity contribution in [2.45, 2.75) is 31.2 Å². The maximum absolute atomic E-state index is 13.1. The number of alkyl carbamates (subject to hydrolysis) is 1. The van der Waals surface area contributed by atoms with E-state index in [-0.39, 0.29) is 34.3 Å². The molecule has 8 heteroatoms. The van der Waals surface area contributed by atoms with Gasteiger partial charge in [0.05, 0.1) is 17.2 Å². The van der Waals surface area contributed by atoms with Crippen LogP contribution in [0.3, 0.4) is 0 Å². The van der Waals surface area contributed by atoms with Gasteiger partial charge in [0.1, 0.15) is 18.2 Å². The predicted octanol–water partition coefficient (Wildman–Crippen LogP) is 2.99. The Bertz CT molecular complexity index is 745. The summed E-state index contributed by atoms with van der Waals surface area (Å²) in [6.07, 6.45) is 2.65. The van der Waals surface area contributed by atoms with Crippen LogP contribution in [0.5, 0.6) is 5.75 Å². The van der Waals surface area contributed by atoms with Gasteiger partial charge in [0.2, 0.25) is 5.91 Å². The largest absolute Gasteiger partial charge is 0.492 e. The Morgan fingerprint density at radius 3 is 2.74 bits per heavy atom. The lowest BCUT2D eigenvalue weighted by molar-refractivity contribution is -0.142. The smallest absolute Gasteiger partial charge is 0.407 e. The molecular weight excluding hydrogens is 375 g/mol. The Labute approximate surface area is 161 Å². The summed E-state index contributed by atoms with van der Waals surface area (Å²) in [5, 5.41) is 3.09. The molecule has 2 saturated heterocycles. The third kappa shape index (κ3) is 3.83. The molecule has 3 fully saturated rings. The van der Waals surface area contributed by atoms with E-state index in [1.165, 1.54) is 18.2 Å². The van der Waals surface area contributed by atoms with E-state index in [0.717, 1.165) is 12.8 Å². The highest BCUT2D eigenvalue weighted by Gasteiger charge is 2.53. The first-order chi connectivity index (χ1) is 12.9. The van der Waals surface area contributed by atoms with Crippen molar-refractivity contribution in [1.82, 2.24) is 10.2 Å². The molecule has 1 N–H and O–H groups in total. The summed E-state index contributed by atoms with van der Waals surface area (Å²) in [6, 6.07) is 4.10. The van der Waals surface area contributed by atoms with Crippen LogP contribution in [0.1, 0.15) is 25.7 Å². The second kappa shape index (κ2) is 7.19. The fourth-order valence-electron chi connectivity index (χ4n) is 4.15. The average Bonchev–Trinajstić information content (AvgIpc) is 3.02. The van der Waals surface area contributed by atoms with Crippen LogP contribution in [0.4, 0.5) is 9.18 Å². The number of nitrogens with one attached hydrogen (secondary N) is 1. The van der Waals surface area contributed by atoms with E-state index in [2.05, 4.69) is 5.32 Å². The Morgan fingerprint density at radius 2 is 2.11 bits per heavy atom. The van der Waals surface area contributed by atoms with Gasteiger partial charge in [-0.2, -0.15) is 0 Å². The van der Waals surface area contributed by atoms with E-state index >= 15 is 0 Å². The fraction of sp³-hybridized carbons (Fsp3) is 0.579. The second-order valence-electron chi connectivity index (χ2n) is 7.74. The number of benzene rings is 1. The van der Waals surface area contributed by atoms with E-state index in [1.54, 1.807) is 0 Å². The summed E-state index contributed by atoms with van der Waals surface area (Å²) in [5.74, 6) is 0.573. The highest BCUT2D eigenvalue weighted by Crippen LogP contribution is 2.41. The summed E-state index contributed by atoms with van der Waals surface area (Å²) >= 11 is 5.98. The van der Waals surface area contributed by atoms with Crippen LogP contribution in [0.15, 0.2) is 18.2 Å². The van der Waals surface area contributed by atoms with E-state index in [4.69, 9.17) is 21.1 Å². The van der Waals surface area contributed by atoms with Gasteiger partial charge in [-0.05, 0) is 49.8 Å². The van der Waals surface area contributed by atoms with Crippen LogP contribution < -0.4 is 10.1 Å². The predicted molar refractivity (Wildman–Crippen MR) is 96.1 cm³/mol. The molecule has 0 atom stereocenters. The number of nitrogens with zero attached hydrogens (tertiary/aromatic N) is 1. The molecule has 27 heavy (non-hydrogen) atoms. The van der Waals surface area contributed by atoms with E-state index < -0.39 is 0 Å². The number of piperidine rings is 1. The quantitative estimate of drug-likeness (QED) is 0.849. The topological polar surface area (TPSA) is 67.9 Å². The molecule has 0 radical (unpaired) electrons. The molecule has 4 rings (SSSR count). The Balaban J connectivity index is 1.21. The van der Waals surface area contributed by atoms with Crippen LogP contribution in [-0.2, 0) is 9.53 Å². The van der Waals surface area contributed by atoms with Crippen LogP contribution in [0, 0.1) is 17.7 Å². The average molecular weight is 397 g/mol. The van der Waals surface area contributed by atoms with Gasteiger partial charge in [-0.15, -0.1) is 0 Å². The van der Waals surface area contributed by atoms with Crippen LogP contribution >= 0.6 is 11.6 Å². The first kappa shape index (κ1) is 18.3. The van der Waals surface area contributed by atoms with Gasteiger partial charge < -0.3 is 19.7 Å². The summed E-state index contributed by atoms with van der Waals surface area (Å²) in [4.78, 5) is 25.8. The van der Waals surface area contributed by atoms with Crippen LogP contribution in [-0.4, -0.2) is 48.7 Å². The Kier molecular flexibility index (Phi) is 4.88. The molecule has 2 aliphatic heterocycles. The standard InChI is InChI=1S/C19H22ClFN2O4/c20-15-7-14(21)1-2-16(15)26-10-12-3-5-23(6-4-12)17(24)13-8-19(9-13)11-27-18(25)22-19/h1-2,7,12-13H,3-6,8-11H2,(H,22,25). The molecule has 1 spiro atoms. The number of carbonyl (C=O) groups excluding carboxylic acids is 2. The van der Waals surface area contributed by atoms with Gasteiger partial charge in [0.25, 0.3) is 0 Å². The zero-order valence-electron chi connectivity index (χ0n) is 14.9. The van der Waals surface area contributed by atoms with Gasteiger partial charge in [-0.25, -0.2) is 9.18 Å². The normalized spacial score (nSPS) is 27.9. The van der Waals surface area contributed by atoms with Crippen molar-refractivity contribution in [2.24, 2.45) is 11.8 Å². The van der Waals surface area contributed by atoms with Gasteiger partial charge in [0.15, 0.2) is 0 Å². The van der Waals surface area contributed by atoms with Gasteiger partial charge in [-0.3, -0.25) is 4.79 Å². The van der Waals surface area contributed by atoms with E-state index in [9.17, 15) is 14.0 Å². The lowest BCUT2D eigenvalue weighted by Gasteiger charge is -2.44. The maximum atomic E-state index is 13.1. The molecule has 0 bridgehead atoms. The highest BCUT2D eigenvalue weighted by molar-refractivity contribution is 6.32. The monoisotopic (exact) mass is 396 g/mol. The summed E-state index contributed by atoms with van der Waals surface area (Å²) in [6.45, 7) is 2.27. The Hall–Kier alpha value is -2.02. The van der Waals surface area contributed by atoms with Crippen molar-refractivity contribution in [2.75, 3.05) is 26.3 Å². The molecule has 2 heterocycles. The van der Waals surface area contributed by atoms with Crippen molar-refractivity contribution >= 4 is 23.6 Å². The van der Waals surface area contributed by atoms with Gasteiger partial charge >= 0.3 is 6.09 Å². The van der Waals surface area contributed by atoms with Crippen molar-refractivity contribution in [3.05, 3.63) is 29.0 Å². The van der Waals surface area contributed by atoms with Gasteiger partial charge in [-0.1, -0.05) is 11.6 Å². The number of ether oxygens (including phenoxy) is 2. The lowest BCUT2D eigenvalue weighted by atomic mass is 9.68. The number of rotatable bonds is 4. The lowest BCUT2D eigenvalue weighted by Crippen LogP contribution is -2.58. The molecule has 1 aromatic carbocycles. The number of cyclic esters (lactones) is 1. The molecule has 1 saturated carbocycles. The third-order valence-electron chi connectivity index (χ3n) is 5.76. The minimum Gasteiger partial charge on any atom is -0.492 e. The zero-order valence-corrected chi connectivity index (χ0v) is 15.6. The van der Waals surface area contributed by atoms with E-state index in [1.807, 2.05) is 4.90 Å². The third-order valence-corrected chi connectivity index (χ3v) is 6.06. The molecule has 1 aromatic rings. The van der Waals surface area contributed by atoms with Crippen molar-refractivity contribution < 1.29 is 23.5 Å². The highest BCUT2D eigenvalue weighted by atomic mass is 35.5. The minimum atomic E-state index is -0.388. The molecule has 6 nitrogen and oxygen atoms in total. The van der Waals surface area contributed by atoms with Gasteiger partial charge in [0, 0.05) is 19.0 Å². The molecule has 3 aliphatic rings. The number of hydrogen-bond donors (Lipinski definition) is 1. The van der Waals surface area contributed by atoms with Crippen molar-refractivity contribution in [1.29, 1.82) is 0 Å². The zero-order chi connectivity index (χ0) is 19.0. The number of carbonyl (C=O) groups is 2. The second-order valence-corrected chi connectivity index (χ2v) is 8.15. The van der Waals surface area contributed by atoms with Crippen molar-refractivity contribution in [3.63, 3.8) is 0 Å². The number of halogens is 2. The minimum absolute atomic E-state index is 0.0298. The van der Waals surface area contributed by atoms with Crippen LogP contribution in [0.2, 0.25) is 5.02 Å². The number of amides is 2. The Morgan fingerprint density at radius 1 is 1.37 bits per heavy atom. The molecule has 2 amide bonds. The number of hydrogen-bond acceptors (Lipinski definition) is 4. The molecule has 0 unspecified atom stereocenters. The number of likely N-dealkylation sites (tertiary alicyclic amines) is 1. The summed E-state index contributed by atoms with van der Waals surface area (Å²) in [5.41, 5.74) is -0.321. The molecular formula is C19H22ClFN2O4. The fourth-order valence-corrected chi connectivity index (χ4v) is 4.37. The summed E-state index contributed by atoms with van der Waals surface area (Å²) in [7, 11) is 0. The first-order valence-electron chi connectivity index (χ1n) is 9.26. The SMILES string of the molecule is O=C1NC2(CO1)CC(C(=O)N1CCC(COc3ccc(F)cc3Cl)CC1)C2. The first-order valence-corrected chi connectivity index (χ1v) is 9.63. The molecule has 1 aliphatic carbocycles. The van der Waals surface area contributed by atoms with Crippen molar-refractivity contribution in [3.8, 4) is 5.75 Å². The molecule has 0 aromatic heterocycles. The molecule has 146 valence electrons. The summed E-state index contributed by atoms with van der Waals surface area (Å²) < 4.78 is 23.8. The van der Waals surface area contributed by atoms with E-state index in [0.29, 0.717) is 50.8 Å².